The quantitative estimate of drug-likeness (QED) is 0.806. The second-order valence-electron chi connectivity index (χ2n) is 5.62. The Morgan fingerprint density at radius 3 is 2.26 bits per heavy atom. The Kier molecular flexibility index (Phi) is 5.55. The molecule has 0 saturated carbocycles. The number of nitrogens with one attached hydrogen (secondary N) is 1. The topological polar surface area (TPSA) is 55.4 Å². The number of benzene rings is 2. The molecule has 0 saturated heterocycles. The summed E-state index contributed by atoms with van der Waals surface area (Å²) < 4.78 is 6.08. The Morgan fingerprint density at radius 1 is 1.04 bits per heavy atom. The molecule has 0 heterocycles. The van der Waals surface area contributed by atoms with Crippen molar-refractivity contribution in [3.63, 3.8) is 0 Å². The molecule has 2 rings (SSSR count). The third-order valence-corrected chi connectivity index (χ3v) is 4.00. The predicted octanol–water partition coefficient (Wildman–Crippen LogP) is 3.91. The normalized spacial score (nSPS) is 10.9. The van der Waals surface area contributed by atoms with E-state index < -0.39 is 11.4 Å². The van der Waals surface area contributed by atoms with E-state index in [9.17, 15) is 9.59 Å². The van der Waals surface area contributed by atoms with E-state index in [-0.39, 0.29) is 12.5 Å². The molecule has 1 N–H and O–H groups in total. The molecule has 0 fully saturated rings. The molecule has 120 valence electrons. The number of carbonyl (C=O) groups is 2. The van der Waals surface area contributed by atoms with Gasteiger partial charge in [0.2, 0.25) is 0 Å². The third-order valence-electron chi connectivity index (χ3n) is 3.47. The van der Waals surface area contributed by atoms with E-state index in [2.05, 4.69) is 21.2 Å². The molecule has 0 aliphatic heterocycles. The summed E-state index contributed by atoms with van der Waals surface area (Å²) in [5.74, 6) is -0.806. The first-order chi connectivity index (χ1) is 10.9. The highest BCUT2D eigenvalue weighted by atomic mass is 79.9. The van der Waals surface area contributed by atoms with Crippen LogP contribution in [0.2, 0.25) is 0 Å². The van der Waals surface area contributed by atoms with E-state index in [4.69, 9.17) is 4.74 Å². The van der Waals surface area contributed by atoms with Crippen LogP contribution >= 0.6 is 15.9 Å². The van der Waals surface area contributed by atoms with E-state index >= 15 is 0 Å². The summed E-state index contributed by atoms with van der Waals surface area (Å²) in [6.45, 7) is 3.24. The van der Waals surface area contributed by atoms with Gasteiger partial charge in [-0.15, -0.1) is 0 Å². The molecular formula is C18H18BrNO3. The maximum Gasteiger partial charge on any atom is 0.316 e. The summed E-state index contributed by atoms with van der Waals surface area (Å²) in [4.78, 5) is 24.1. The van der Waals surface area contributed by atoms with Crippen LogP contribution in [0.4, 0.5) is 5.69 Å². The van der Waals surface area contributed by atoms with Gasteiger partial charge in [0, 0.05) is 10.2 Å². The van der Waals surface area contributed by atoms with E-state index in [1.165, 1.54) is 0 Å². The predicted molar refractivity (Wildman–Crippen MR) is 93.2 cm³/mol. The van der Waals surface area contributed by atoms with Crippen LogP contribution in [0.1, 0.15) is 19.4 Å². The van der Waals surface area contributed by atoms with Crippen molar-refractivity contribution in [3.8, 4) is 0 Å². The number of hydrogen-bond donors (Lipinski definition) is 1. The number of anilines is 1. The summed E-state index contributed by atoms with van der Waals surface area (Å²) in [6, 6.07) is 16.5. The molecule has 0 aliphatic rings. The molecule has 0 spiro atoms. The highest BCUT2D eigenvalue weighted by Gasteiger charge is 2.31. The molecule has 0 atom stereocenters. The number of rotatable bonds is 5. The minimum Gasteiger partial charge on any atom is -0.455 e. The summed E-state index contributed by atoms with van der Waals surface area (Å²) in [7, 11) is 0. The van der Waals surface area contributed by atoms with Gasteiger partial charge in [0.25, 0.3) is 5.91 Å². The van der Waals surface area contributed by atoms with Crippen molar-refractivity contribution in [2.24, 2.45) is 0 Å². The van der Waals surface area contributed by atoms with Crippen molar-refractivity contribution in [1.29, 1.82) is 0 Å². The fourth-order valence-corrected chi connectivity index (χ4v) is 2.28. The number of carbonyl (C=O) groups excluding carboxylic acids is 2. The third kappa shape index (κ3) is 4.66. The lowest BCUT2D eigenvalue weighted by molar-refractivity contribution is -0.152. The van der Waals surface area contributed by atoms with Crippen molar-refractivity contribution in [1.82, 2.24) is 0 Å². The highest BCUT2D eigenvalue weighted by molar-refractivity contribution is 9.10. The van der Waals surface area contributed by atoms with Gasteiger partial charge in [-0.1, -0.05) is 46.3 Å². The molecule has 0 bridgehead atoms. The number of amides is 1. The standard InChI is InChI=1S/C18H18BrNO3/c1-18(2,13-6-4-3-5-7-13)17(22)23-12-16(21)20-15-10-8-14(19)9-11-15/h3-11H,12H2,1-2H3,(H,20,21). The van der Waals surface area contributed by atoms with Crippen molar-refractivity contribution in [3.05, 3.63) is 64.6 Å². The molecule has 0 radical (unpaired) electrons. The molecule has 0 aliphatic carbocycles. The van der Waals surface area contributed by atoms with E-state index in [1.807, 2.05) is 42.5 Å². The molecule has 2 aromatic rings. The van der Waals surface area contributed by atoms with Crippen molar-refractivity contribution in [2.75, 3.05) is 11.9 Å². The maximum atomic E-state index is 12.3. The van der Waals surface area contributed by atoms with Gasteiger partial charge >= 0.3 is 5.97 Å². The Balaban J connectivity index is 1.91. The Bertz CT molecular complexity index is 681. The SMILES string of the molecule is CC(C)(C(=O)OCC(=O)Nc1ccc(Br)cc1)c1ccccc1. The first-order valence-electron chi connectivity index (χ1n) is 7.18. The smallest absolute Gasteiger partial charge is 0.316 e. The molecule has 0 unspecified atom stereocenters. The zero-order chi connectivity index (χ0) is 16.9. The van der Waals surface area contributed by atoms with Gasteiger partial charge < -0.3 is 10.1 Å². The second kappa shape index (κ2) is 7.42. The Hall–Kier alpha value is -2.14. The van der Waals surface area contributed by atoms with Gasteiger partial charge in [-0.05, 0) is 43.7 Å². The van der Waals surface area contributed by atoms with Crippen LogP contribution in [-0.2, 0) is 19.7 Å². The molecule has 23 heavy (non-hydrogen) atoms. The van der Waals surface area contributed by atoms with Crippen molar-refractivity contribution < 1.29 is 14.3 Å². The summed E-state index contributed by atoms with van der Waals surface area (Å²) in [6.07, 6.45) is 0. The molecular weight excluding hydrogens is 358 g/mol. The minimum atomic E-state index is -0.806. The van der Waals surface area contributed by atoms with Crippen molar-refractivity contribution in [2.45, 2.75) is 19.3 Å². The summed E-state index contributed by atoms with van der Waals surface area (Å²) >= 11 is 3.32. The molecule has 0 aromatic heterocycles. The zero-order valence-electron chi connectivity index (χ0n) is 13.0. The number of esters is 1. The lowest BCUT2D eigenvalue weighted by Crippen LogP contribution is -2.33. The molecule has 5 heteroatoms. The van der Waals surface area contributed by atoms with Crippen LogP contribution < -0.4 is 5.32 Å². The van der Waals surface area contributed by atoms with Gasteiger partial charge in [0.15, 0.2) is 6.61 Å². The first-order valence-corrected chi connectivity index (χ1v) is 7.97. The highest BCUT2D eigenvalue weighted by Crippen LogP contribution is 2.24. The molecule has 1 amide bonds. The van der Waals surface area contributed by atoms with Crippen LogP contribution in [0.15, 0.2) is 59.1 Å². The number of ether oxygens (including phenoxy) is 1. The van der Waals surface area contributed by atoms with Gasteiger partial charge in [0.1, 0.15) is 0 Å². The van der Waals surface area contributed by atoms with Gasteiger partial charge in [-0.25, -0.2) is 0 Å². The van der Waals surface area contributed by atoms with E-state index in [1.54, 1.807) is 26.0 Å². The van der Waals surface area contributed by atoms with Gasteiger partial charge in [0.05, 0.1) is 5.41 Å². The van der Waals surface area contributed by atoms with Crippen LogP contribution in [0, 0.1) is 0 Å². The fraction of sp³-hybridized carbons (Fsp3) is 0.222. The van der Waals surface area contributed by atoms with Crippen LogP contribution in [-0.4, -0.2) is 18.5 Å². The van der Waals surface area contributed by atoms with Gasteiger partial charge in [-0.2, -0.15) is 0 Å². The zero-order valence-corrected chi connectivity index (χ0v) is 14.6. The Labute approximate surface area is 144 Å². The fourth-order valence-electron chi connectivity index (χ4n) is 2.01. The summed E-state index contributed by atoms with van der Waals surface area (Å²) in [5.41, 5.74) is 0.689. The van der Waals surface area contributed by atoms with Crippen LogP contribution in [0.3, 0.4) is 0 Å². The van der Waals surface area contributed by atoms with E-state index in [0.29, 0.717) is 5.69 Å². The minimum absolute atomic E-state index is 0.314. The maximum absolute atomic E-state index is 12.3. The van der Waals surface area contributed by atoms with Crippen molar-refractivity contribution >= 4 is 33.5 Å². The second-order valence-corrected chi connectivity index (χ2v) is 6.54. The number of hydrogen-bond acceptors (Lipinski definition) is 3. The monoisotopic (exact) mass is 375 g/mol. The lowest BCUT2D eigenvalue weighted by atomic mass is 9.85. The molecule has 2 aromatic carbocycles. The van der Waals surface area contributed by atoms with E-state index in [0.717, 1.165) is 10.0 Å². The molecule has 4 nitrogen and oxygen atoms in total. The number of halogens is 1. The first kappa shape index (κ1) is 17.2. The Morgan fingerprint density at radius 2 is 1.65 bits per heavy atom. The largest absolute Gasteiger partial charge is 0.455 e. The average Bonchev–Trinajstić information content (AvgIpc) is 2.55. The van der Waals surface area contributed by atoms with Crippen LogP contribution in [0.5, 0.6) is 0 Å². The van der Waals surface area contributed by atoms with Crippen LogP contribution in [0.25, 0.3) is 0 Å². The summed E-state index contributed by atoms with van der Waals surface area (Å²) in [5, 5.41) is 2.68. The average molecular weight is 376 g/mol. The lowest BCUT2D eigenvalue weighted by Gasteiger charge is -2.22. The van der Waals surface area contributed by atoms with Gasteiger partial charge in [-0.3, -0.25) is 9.59 Å².